The highest BCUT2D eigenvalue weighted by atomic mass is 79.9. The first kappa shape index (κ1) is 14.1. The number of carbonyl (C=O) groups excluding carboxylic acids is 2. The second kappa shape index (κ2) is 5.59. The number of hydrogen-bond donors (Lipinski definition) is 1. The van der Waals surface area contributed by atoms with Crippen molar-refractivity contribution >= 4 is 39.6 Å². The van der Waals surface area contributed by atoms with Crippen LogP contribution in [0.5, 0.6) is 0 Å². The Bertz CT molecular complexity index is 414. The Morgan fingerprint density at radius 1 is 1.65 bits per heavy atom. The molecule has 0 saturated carbocycles. The van der Waals surface area contributed by atoms with Crippen LogP contribution in [0, 0.1) is 0 Å². The van der Waals surface area contributed by atoms with Gasteiger partial charge in [-0.3, -0.25) is 0 Å². The van der Waals surface area contributed by atoms with Crippen molar-refractivity contribution in [1.29, 1.82) is 0 Å². The van der Waals surface area contributed by atoms with Gasteiger partial charge in [-0.1, -0.05) is 0 Å². The van der Waals surface area contributed by atoms with Crippen LogP contribution in [0.3, 0.4) is 0 Å². The molecule has 1 unspecified atom stereocenters. The molecule has 0 radical (unpaired) electrons. The van der Waals surface area contributed by atoms with E-state index in [4.69, 9.17) is 4.74 Å². The van der Waals surface area contributed by atoms with E-state index >= 15 is 0 Å². The van der Waals surface area contributed by atoms with Crippen molar-refractivity contribution in [2.75, 3.05) is 0 Å². The lowest BCUT2D eigenvalue weighted by molar-refractivity contribution is -0.109. The second-order valence-corrected chi connectivity index (χ2v) is 6.70. The van der Waals surface area contributed by atoms with Crippen LogP contribution < -0.4 is 5.32 Å². The zero-order valence-corrected chi connectivity index (χ0v) is 12.1. The normalized spacial score (nSPS) is 12.9. The number of hydrogen-bond acceptors (Lipinski definition) is 5. The van der Waals surface area contributed by atoms with E-state index in [1.54, 1.807) is 27.0 Å². The highest BCUT2D eigenvalue weighted by Gasteiger charge is 2.21. The molecular formula is C10H13BrN2O3S. The van der Waals surface area contributed by atoms with Crippen molar-refractivity contribution in [2.24, 2.45) is 0 Å². The molecular weight excluding hydrogens is 308 g/mol. The van der Waals surface area contributed by atoms with Crippen LogP contribution in [-0.4, -0.2) is 23.0 Å². The Labute approximate surface area is 112 Å². The molecule has 1 aromatic heterocycles. The van der Waals surface area contributed by atoms with Crippen LogP contribution in [0.25, 0.3) is 0 Å². The molecule has 5 nitrogen and oxygen atoms in total. The van der Waals surface area contributed by atoms with Gasteiger partial charge in [-0.25, -0.2) is 9.78 Å². The largest absolute Gasteiger partial charge is 0.444 e. The Morgan fingerprint density at radius 2 is 2.29 bits per heavy atom. The van der Waals surface area contributed by atoms with E-state index in [2.05, 4.69) is 26.2 Å². The van der Waals surface area contributed by atoms with Crippen LogP contribution in [0.1, 0.15) is 31.8 Å². The smallest absolute Gasteiger partial charge is 0.408 e. The third-order valence-electron chi connectivity index (χ3n) is 1.57. The number of halogens is 1. The zero-order chi connectivity index (χ0) is 13.1. The maximum absolute atomic E-state index is 11.5. The first-order valence-electron chi connectivity index (χ1n) is 4.88. The predicted molar refractivity (Wildman–Crippen MR) is 68.0 cm³/mol. The molecule has 0 spiro atoms. The Kier molecular flexibility index (Phi) is 4.64. The second-order valence-electron chi connectivity index (χ2n) is 4.26. The van der Waals surface area contributed by atoms with Gasteiger partial charge in [0.25, 0.3) is 0 Å². The molecule has 0 fully saturated rings. The molecule has 1 aromatic rings. The maximum Gasteiger partial charge on any atom is 0.408 e. The Morgan fingerprint density at radius 3 is 2.71 bits per heavy atom. The molecule has 7 heteroatoms. The van der Waals surface area contributed by atoms with E-state index in [9.17, 15) is 9.59 Å². The van der Waals surface area contributed by atoms with Gasteiger partial charge < -0.3 is 14.8 Å². The average molecular weight is 321 g/mol. The molecule has 0 aliphatic carbocycles. The molecule has 17 heavy (non-hydrogen) atoms. The Hall–Kier alpha value is -0.950. The quantitative estimate of drug-likeness (QED) is 0.869. The van der Waals surface area contributed by atoms with Crippen molar-refractivity contribution < 1.29 is 14.3 Å². The van der Waals surface area contributed by atoms with E-state index < -0.39 is 17.7 Å². The van der Waals surface area contributed by atoms with E-state index in [0.29, 0.717) is 11.3 Å². The number of carbonyl (C=O) groups is 2. The van der Waals surface area contributed by atoms with Gasteiger partial charge in [0.1, 0.15) is 22.9 Å². The summed E-state index contributed by atoms with van der Waals surface area (Å²) in [6.07, 6.45) is 1.56. The summed E-state index contributed by atoms with van der Waals surface area (Å²) in [6, 6.07) is -0.777. The third kappa shape index (κ3) is 4.82. The summed E-state index contributed by atoms with van der Waals surface area (Å²) in [4.78, 5) is 26.4. The molecule has 1 amide bonds. The monoisotopic (exact) mass is 320 g/mol. The molecule has 1 N–H and O–H groups in total. The minimum atomic E-state index is -0.777. The molecule has 1 rings (SSSR count). The molecule has 0 saturated heterocycles. The van der Waals surface area contributed by atoms with Crippen LogP contribution >= 0.6 is 27.3 Å². The fourth-order valence-electron chi connectivity index (χ4n) is 0.999. The fourth-order valence-corrected chi connectivity index (χ4v) is 2.25. The topological polar surface area (TPSA) is 68.3 Å². The number of thiazole rings is 1. The van der Waals surface area contributed by atoms with Crippen molar-refractivity contribution in [3.8, 4) is 0 Å². The summed E-state index contributed by atoms with van der Waals surface area (Å²) in [6.45, 7) is 5.26. The van der Waals surface area contributed by atoms with Gasteiger partial charge in [0.2, 0.25) is 0 Å². The number of aldehydes is 1. The summed E-state index contributed by atoms with van der Waals surface area (Å²) in [7, 11) is 0. The summed E-state index contributed by atoms with van der Waals surface area (Å²) in [5, 5.41) is 2.96. The number of alkyl carbamates (subject to hydrolysis) is 1. The standard InChI is InChI=1S/C10H13BrN2O3S/c1-10(2,3)16-9(15)13-6(5-14)8-12-4-7(11)17-8/h4-6H,1-3H3,(H,13,15). The van der Waals surface area contributed by atoms with Gasteiger partial charge in [0.15, 0.2) is 0 Å². The Balaban J connectivity index is 2.65. The SMILES string of the molecule is CC(C)(C)OC(=O)NC(C=O)c1ncc(Br)s1. The zero-order valence-electron chi connectivity index (χ0n) is 9.69. The molecule has 0 aliphatic heterocycles. The minimum absolute atomic E-state index is 0.512. The van der Waals surface area contributed by atoms with Crippen molar-refractivity contribution in [1.82, 2.24) is 10.3 Å². The third-order valence-corrected chi connectivity index (χ3v) is 3.13. The van der Waals surface area contributed by atoms with Gasteiger partial charge in [-0.2, -0.15) is 0 Å². The number of ether oxygens (including phenoxy) is 1. The summed E-state index contributed by atoms with van der Waals surface area (Å²) >= 11 is 4.53. The van der Waals surface area contributed by atoms with Crippen LogP contribution in [0.4, 0.5) is 4.79 Å². The van der Waals surface area contributed by atoms with Gasteiger partial charge in [-0.05, 0) is 36.7 Å². The van der Waals surface area contributed by atoms with E-state index in [1.807, 2.05) is 0 Å². The van der Waals surface area contributed by atoms with E-state index in [1.165, 1.54) is 11.3 Å². The number of amides is 1. The van der Waals surface area contributed by atoms with E-state index in [-0.39, 0.29) is 0 Å². The molecule has 0 bridgehead atoms. The molecule has 94 valence electrons. The van der Waals surface area contributed by atoms with Crippen LogP contribution in [-0.2, 0) is 9.53 Å². The maximum atomic E-state index is 11.5. The number of rotatable bonds is 3. The number of aromatic nitrogens is 1. The molecule has 0 aliphatic rings. The highest BCUT2D eigenvalue weighted by molar-refractivity contribution is 9.11. The number of nitrogens with zero attached hydrogens (tertiary/aromatic N) is 1. The first-order chi connectivity index (χ1) is 7.81. The van der Waals surface area contributed by atoms with Gasteiger partial charge >= 0.3 is 6.09 Å². The first-order valence-corrected chi connectivity index (χ1v) is 6.49. The average Bonchev–Trinajstić information content (AvgIpc) is 2.58. The van der Waals surface area contributed by atoms with Gasteiger partial charge in [0, 0.05) is 0 Å². The number of nitrogens with one attached hydrogen (secondary N) is 1. The highest BCUT2D eigenvalue weighted by Crippen LogP contribution is 2.23. The summed E-state index contributed by atoms with van der Waals surface area (Å²) in [5.74, 6) is 0. The minimum Gasteiger partial charge on any atom is -0.444 e. The lowest BCUT2D eigenvalue weighted by Crippen LogP contribution is -2.35. The van der Waals surface area contributed by atoms with Gasteiger partial charge in [0.05, 0.1) is 9.98 Å². The predicted octanol–water partition coefficient (Wildman–Crippen LogP) is 2.67. The molecule has 1 heterocycles. The van der Waals surface area contributed by atoms with Crippen molar-refractivity contribution in [3.05, 3.63) is 15.0 Å². The lowest BCUT2D eigenvalue weighted by Gasteiger charge is -2.20. The van der Waals surface area contributed by atoms with Crippen molar-refractivity contribution in [2.45, 2.75) is 32.4 Å². The van der Waals surface area contributed by atoms with Crippen LogP contribution in [0.15, 0.2) is 9.98 Å². The molecule has 1 atom stereocenters. The molecule has 0 aromatic carbocycles. The van der Waals surface area contributed by atoms with Crippen LogP contribution in [0.2, 0.25) is 0 Å². The fraction of sp³-hybridized carbons (Fsp3) is 0.500. The van der Waals surface area contributed by atoms with Crippen molar-refractivity contribution in [3.63, 3.8) is 0 Å². The van der Waals surface area contributed by atoms with Gasteiger partial charge in [-0.15, -0.1) is 11.3 Å². The summed E-state index contributed by atoms with van der Waals surface area (Å²) < 4.78 is 5.85. The lowest BCUT2D eigenvalue weighted by atomic mass is 10.2. The summed E-state index contributed by atoms with van der Waals surface area (Å²) in [5.41, 5.74) is -0.596. The van der Waals surface area contributed by atoms with E-state index in [0.717, 1.165) is 3.79 Å².